The van der Waals surface area contributed by atoms with Crippen molar-refractivity contribution in [2.45, 2.75) is 51.6 Å². The van der Waals surface area contributed by atoms with Crippen molar-refractivity contribution in [2.24, 2.45) is 0 Å². The van der Waals surface area contributed by atoms with Crippen molar-refractivity contribution in [1.29, 1.82) is 0 Å². The van der Waals surface area contributed by atoms with E-state index in [4.69, 9.17) is 0 Å². The summed E-state index contributed by atoms with van der Waals surface area (Å²) >= 11 is 0. The van der Waals surface area contributed by atoms with Gasteiger partial charge in [-0.3, -0.25) is 0 Å². The average Bonchev–Trinajstić information content (AvgIpc) is 3.03. The van der Waals surface area contributed by atoms with Gasteiger partial charge >= 0.3 is 6.11 Å². The van der Waals surface area contributed by atoms with Crippen LogP contribution in [0, 0.1) is 34.9 Å². The zero-order valence-electron chi connectivity index (χ0n) is 25.3. The van der Waals surface area contributed by atoms with Crippen LogP contribution < -0.4 is 4.74 Å². The Kier molecular flexibility index (Phi) is 10.3. The van der Waals surface area contributed by atoms with Gasteiger partial charge in [0.2, 0.25) is 0 Å². The highest BCUT2D eigenvalue weighted by Crippen LogP contribution is 2.38. The number of halogens is 8. The van der Waals surface area contributed by atoms with Gasteiger partial charge in [0.15, 0.2) is 17.5 Å². The summed E-state index contributed by atoms with van der Waals surface area (Å²) in [5, 5.41) is 0. The zero-order valence-corrected chi connectivity index (χ0v) is 25.3. The van der Waals surface area contributed by atoms with E-state index < -0.39 is 63.5 Å². The molecular weight excluding hydrogens is 624 g/mol. The van der Waals surface area contributed by atoms with Crippen molar-refractivity contribution >= 4 is 0 Å². The maximum absolute atomic E-state index is 15.0. The molecule has 0 radical (unpaired) electrons. The SMILES string of the molecule is CCCCCCCc1ccc(-c2ccc(-c3cc(F)c(C(F)(F)Oc4ccc(-c5cc(F)c(F)c(F)c5)c(F)c4)c(F)c3)cc2)cc1. The molecule has 0 bridgehead atoms. The molecule has 0 saturated heterocycles. The summed E-state index contributed by atoms with van der Waals surface area (Å²) < 4.78 is 120. The van der Waals surface area contributed by atoms with Gasteiger partial charge < -0.3 is 4.74 Å². The molecule has 0 unspecified atom stereocenters. The third kappa shape index (κ3) is 7.84. The Morgan fingerprint density at radius 2 is 1.02 bits per heavy atom. The summed E-state index contributed by atoms with van der Waals surface area (Å²) in [4.78, 5) is 0. The topological polar surface area (TPSA) is 9.23 Å². The Bertz CT molecular complexity index is 1800. The van der Waals surface area contributed by atoms with Crippen LogP contribution in [0.15, 0.2) is 91.0 Å². The molecule has 0 fully saturated rings. The largest absolute Gasteiger partial charge is 0.432 e. The molecule has 47 heavy (non-hydrogen) atoms. The molecule has 9 heteroatoms. The van der Waals surface area contributed by atoms with Crippen LogP contribution in [0.4, 0.5) is 35.1 Å². The van der Waals surface area contributed by atoms with Crippen molar-refractivity contribution < 1.29 is 39.9 Å². The first-order valence-electron chi connectivity index (χ1n) is 15.2. The molecule has 5 aromatic rings. The number of hydrogen-bond acceptors (Lipinski definition) is 1. The molecule has 0 aliphatic heterocycles. The van der Waals surface area contributed by atoms with Crippen molar-refractivity contribution in [1.82, 2.24) is 0 Å². The van der Waals surface area contributed by atoms with Crippen molar-refractivity contribution in [3.8, 4) is 39.1 Å². The Hall–Kier alpha value is -4.66. The van der Waals surface area contributed by atoms with E-state index in [1.165, 1.54) is 31.2 Å². The second kappa shape index (κ2) is 14.4. The summed E-state index contributed by atoms with van der Waals surface area (Å²) in [7, 11) is 0. The highest BCUT2D eigenvalue weighted by molar-refractivity contribution is 5.71. The Morgan fingerprint density at radius 3 is 1.57 bits per heavy atom. The molecule has 0 atom stereocenters. The fraction of sp³-hybridized carbons (Fsp3) is 0.211. The third-order valence-corrected chi connectivity index (χ3v) is 7.89. The smallest absolute Gasteiger partial charge is 0.429 e. The lowest BCUT2D eigenvalue weighted by atomic mass is 9.97. The Labute approximate surface area is 267 Å². The summed E-state index contributed by atoms with van der Waals surface area (Å²) in [6, 6.07) is 19.6. The zero-order chi connectivity index (χ0) is 33.7. The van der Waals surface area contributed by atoms with Gasteiger partial charge in [0, 0.05) is 11.6 Å². The summed E-state index contributed by atoms with van der Waals surface area (Å²) in [5.74, 6) is -10.2. The van der Waals surface area contributed by atoms with Crippen LogP contribution in [0.2, 0.25) is 0 Å². The summed E-state index contributed by atoms with van der Waals surface area (Å²) in [5.41, 5.74) is 0.933. The number of hydrogen-bond donors (Lipinski definition) is 0. The number of rotatable bonds is 12. The molecule has 0 heterocycles. The Balaban J connectivity index is 1.29. The first kappa shape index (κ1) is 33.7. The monoisotopic (exact) mass is 654 g/mol. The second-order valence-electron chi connectivity index (χ2n) is 11.3. The molecule has 1 nitrogen and oxygen atoms in total. The van der Waals surface area contributed by atoms with Crippen LogP contribution in [0.3, 0.4) is 0 Å². The van der Waals surface area contributed by atoms with E-state index in [2.05, 4.69) is 23.8 Å². The van der Waals surface area contributed by atoms with Crippen LogP contribution >= 0.6 is 0 Å². The van der Waals surface area contributed by atoms with Gasteiger partial charge in [0.25, 0.3) is 0 Å². The molecule has 244 valence electrons. The first-order chi connectivity index (χ1) is 22.5. The standard InChI is InChI=1S/C38H30F8O/c1-2-3-4-5-6-7-23-8-10-24(11-9-23)25-12-14-26(15-13-25)27-18-32(40)36(33(41)19-27)38(45,46)47-29-16-17-30(31(39)22-29)28-20-34(42)37(44)35(43)21-28/h8-22H,2-7H2,1H3. The fourth-order valence-corrected chi connectivity index (χ4v) is 5.37. The molecule has 0 saturated carbocycles. The van der Waals surface area contributed by atoms with Gasteiger partial charge in [0.1, 0.15) is 28.8 Å². The number of ether oxygens (including phenoxy) is 1. The van der Waals surface area contributed by atoms with Crippen molar-refractivity contribution in [3.05, 3.63) is 137 Å². The van der Waals surface area contributed by atoms with Gasteiger partial charge in [0.05, 0.1) is 0 Å². The first-order valence-corrected chi connectivity index (χ1v) is 15.2. The quantitative estimate of drug-likeness (QED) is 0.0739. The molecule has 5 rings (SSSR count). The number of alkyl halides is 2. The van der Waals surface area contributed by atoms with Gasteiger partial charge in [-0.05, 0) is 82.6 Å². The number of aryl methyl sites for hydroxylation is 1. The maximum atomic E-state index is 15.0. The van der Waals surface area contributed by atoms with E-state index in [1.807, 2.05) is 12.1 Å². The van der Waals surface area contributed by atoms with Gasteiger partial charge in [-0.2, -0.15) is 8.78 Å². The minimum Gasteiger partial charge on any atom is -0.429 e. The van der Waals surface area contributed by atoms with Gasteiger partial charge in [-0.25, -0.2) is 26.3 Å². The van der Waals surface area contributed by atoms with E-state index in [9.17, 15) is 17.6 Å². The highest BCUT2D eigenvalue weighted by atomic mass is 19.3. The van der Waals surface area contributed by atoms with E-state index in [0.29, 0.717) is 23.8 Å². The lowest BCUT2D eigenvalue weighted by Gasteiger charge is -2.20. The van der Waals surface area contributed by atoms with Crippen molar-refractivity contribution in [3.63, 3.8) is 0 Å². The highest BCUT2D eigenvalue weighted by Gasteiger charge is 2.41. The van der Waals surface area contributed by atoms with Crippen LogP contribution in [0.5, 0.6) is 5.75 Å². The second-order valence-corrected chi connectivity index (χ2v) is 11.3. The van der Waals surface area contributed by atoms with Gasteiger partial charge in [-0.1, -0.05) is 81.1 Å². The van der Waals surface area contributed by atoms with Crippen molar-refractivity contribution in [2.75, 3.05) is 0 Å². The van der Waals surface area contributed by atoms with E-state index in [0.717, 1.165) is 48.2 Å². The molecule has 0 N–H and O–H groups in total. The van der Waals surface area contributed by atoms with Crippen LogP contribution in [0.25, 0.3) is 33.4 Å². The van der Waals surface area contributed by atoms with E-state index in [1.54, 1.807) is 24.3 Å². The lowest BCUT2D eigenvalue weighted by molar-refractivity contribution is -0.189. The van der Waals surface area contributed by atoms with E-state index in [-0.39, 0.29) is 5.56 Å². The number of benzene rings is 5. The summed E-state index contributed by atoms with van der Waals surface area (Å²) in [6.45, 7) is 2.18. The summed E-state index contributed by atoms with van der Waals surface area (Å²) in [6.07, 6.45) is 2.45. The van der Waals surface area contributed by atoms with Crippen LogP contribution in [-0.4, -0.2) is 0 Å². The molecular formula is C38H30F8O. The fourth-order valence-electron chi connectivity index (χ4n) is 5.37. The minimum absolute atomic E-state index is 0.0127. The Morgan fingerprint density at radius 1 is 0.511 bits per heavy atom. The van der Waals surface area contributed by atoms with Gasteiger partial charge in [-0.15, -0.1) is 0 Å². The molecule has 0 aliphatic rings. The minimum atomic E-state index is -4.57. The predicted molar refractivity (Wildman–Crippen MR) is 166 cm³/mol. The predicted octanol–water partition coefficient (Wildman–Crippen LogP) is 12.2. The molecule has 0 spiro atoms. The molecule has 5 aromatic carbocycles. The van der Waals surface area contributed by atoms with Crippen LogP contribution in [0.1, 0.15) is 50.2 Å². The van der Waals surface area contributed by atoms with Crippen LogP contribution in [-0.2, 0) is 12.5 Å². The molecule has 0 aromatic heterocycles. The molecule has 0 aliphatic carbocycles. The molecule has 0 amide bonds. The average molecular weight is 655 g/mol. The number of unbranched alkanes of at least 4 members (excludes halogenated alkanes) is 4. The van der Waals surface area contributed by atoms with E-state index >= 15 is 17.6 Å². The third-order valence-electron chi connectivity index (χ3n) is 7.89. The normalized spacial score (nSPS) is 11.6. The lowest BCUT2D eigenvalue weighted by Crippen LogP contribution is -2.25. The maximum Gasteiger partial charge on any atom is 0.432 e.